The summed E-state index contributed by atoms with van der Waals surface area (Å²) in [4.78, 5) is 40.3. The highest BCUT2D eigenvalue weighted by atomic mass is 16.7. The number of ether oxygens (including phenoxy) is 6. The van der Waals surface area contributed by atoms with Crippen molar-refractivity contribution < 1.29 is 42.8 Å². The van der Waals surface area contributed by atoms with Crippen LogP contribution < -0.4 is 0 Å². The van der Waals surface area contributed by atoms with Gasteiger partial charge in [-0.05, 0) is 38.8 Å². The van der Waals surface area contributed by atoms with Gasteiger partial charge in [-0.15, -0.1) is 0 Å². The van der Waals surface area contributed by atoms with Crippen molar-refractivity contribution in [3.8, 4) is 0 Å². The second kappa shape index (κ2) is 46.6. The Labute approximate surface area is 370 Å². The molecule has 356 valence electrons. The fraction of sp³-hybridized carbons (Fsp3) is 0.940. The van der Waals surface area contributed by atoms with E-state index in [0.29, 0.717) is 32.5 Å². The summed E-state index contributed by atoms with van der Waals surface area (Å²) < 4.78 is 34.1. The predicted octanol–water partition coefficient (Wildman–Crippen LogP) is 13.7. The highest BCUT2D eigenvalue weighted by Crippen LogP contribution is 2.16. The summed E-state index contributed by atoms with van der Waals surface area (Å²) in [6.07, 6.45) is 33.5. The zero-order valence-corrected chi connectivity index (χ0v) is 40.1. The number of unbranched alkanes of at least 4 members (excludes halogenated alkanes) is 24. The zero-order valence-electron chi connectivity index (χ0n) is 40.1. The van der Waals surface area contributed by atoms with Crippen molar-refractivity contribution in [2.24, 2.45) is 5.92 Å². The van der Waals surface area contributed by atoms with Crippen molar-refractivity contribution >= 4 is 18.1 Å². The Bertz CT molecular complexity index is 913. The average Bonchev–Trinajstić information content (AvgIpc) is 3.25. The van der Waals surface area contributed by atoms with E-state index in [1.807, 2.05) is 0 Å². The SMILES string of the molecule is CCCCCCCCCCCCCCCCCC(=O)OCC(COC(=O)CCC(OCCCCCCCC)OCCCCCCCC)COC(=O)OCCCN(CC)CC. The van der Waals surface area contributed by atoms with E-state index in [9.17, 15) is 14.4 Å². The van der Waals surface area contributed by atoms with Crippen molar-refractivity contribution in [3.63, 3.8) is 0 Å². The van der Waals surface area contributed by atoms with Crippen molar-refractivity contribution in [1.82, 2.24) is 4.90 Å². The van der Waals surface area contributed by atoms with E-state index < -0.39 is 18.4 Å². The van der Waals surface area contributed by atoms with Gasteiger partial charge >= 0.3 is 18.1 Å². The van der Waals surface area contributed by atoms with Crippen molar-refractivity contribution in [1.29, 1.82) is 0 Å². The lowest BCUT2D eigenvalue weighted by molar-refractivity contribution is -0.161. The van der Waals surface area contributed by atoms with Gasteiger partial charge in [-0.3, -0.25) is 9.59 Å². The van der Waals surface area contributed by atoms with Crippen LogP contribution in [0, 0.1) is 5.92 Å². The minimum Gasteiger partial charge on any atom is -0.465 e. The third-order valence-corrected chi connectivity index (χ3v) is 11.3. The van der Waals surface area contributed by atoms with Crippen LogP contribution in [0.25, 0.3) is 0 Å². The van der Waals surface area contributed by atoms with Crippen molar-refractivity contribution in [2.45, 2.75) is 240 Å². The highest BCUT2D eigenvalue weighted by molar-refractivity contribution is 5.69. The molecule has 10 nitrogen and oxygen atoms in total. The molecule has 0 radical (unpaired) electrons. The van der Waals surface area contributed by atoms with E-state index in [2.05, 4.69) is 39.5 Å². The van der Waals surface area contributed by atoms with Crippen LogP contribution in [0.15, 0.2) is 0 Å². The topological polar surface area (TPSA) is 110 Å². The minimum absolute atomic E-state index is 0.00848. The molecule has 0 aromatic heterocycles. The minimum atomic E-state index is -0.775. The third-order valence-electron chi connectivity index (χ3n) is 11.3. The highest BCUT2D eigenvalue weighted by Gasteiger charge is 2.20. The summed E-state index contributed by atoms with van der Waals surface area (Å²) in [5.41, 5.74) is 0. The smallest absolute Gasteiger partial charge is 0.465 e. The van der Waals surface area contributed by atoms with Crippen LogP contribution in [0.5, 0.6) is 0 Å². The van der Waals surface area contributed by atoms with E-state index in [-0.39, 0.29) is 44.8 Å². The molecule has 1 unspecified atom stereocenters. The molecular weight excluding hydrogens is 759 g/mol. The molecule has 0 saturated heterocycles. The van der Waals surface area contributed by atoms with Crippen LogP contribution in [-0.2, 0) is 38.0 Å². The van der Waals surface area contributed by atoms with Crippen LogP contribution in [0.4, 0.5) is 4.79 Å². The fourth-order valence-electron chi connectivity index (χ4n) is 7.21. The van der Waals surface area contributed by atoms with Gasteiger partial charge < -0.3 is 33.3 Å². The normalized spacial score (nSPS) is 12.0. The molecular formula is C50H97NO9. The van der Waals surface area contributed by atoms with E-state index >= 15 is 0 Å². The van der Waals surface area contributed by atoms with Gasteiger partial charge in [-0.1, -0.05) is 189 Å². The molecule has 0 fully saturated rings. The van der Waals surface area contributed by atoms with Gasteiger partial charge in [0.25, 0.3) is 0 Å². The molecule has 0 aromatic rings. The second-order valence-corrected chi connectivity index (χ2v) is 17.0. The average molecular weight is 856 g/mol. The third kappa shape index (κ3) is 41.4. The molecule has 0 aliphatic rings. The first kappa shape index (κ1) is 58.1. The Kier molecular flexibility index (Phi) is 45.1. The van der Waals surface area contributed by atoms with Gasteiger partial charge in [0.1, 0.15) is 19.8 Å². The number of carbonyl (C=O) groups excluding carboxylic acids is 3. The lowest BCUT2D eigenvalue weighted by atomic mass is 10.0. The Morgan fingerprint density at radius 1 is 0.400 bits per heavy atom. The summed E-state index contributed by atoms with van der Waals surface area (Å²) in [5, 5.41) is 0. The molecule has 0 aromatic carbocycles. The maximum absolute atomic E-state index is 13.0. The summed E-state index contributed by atoms with van der Waals surface area (Å²) in [5.74, 6) is -1.18. The van der Waals surface area contributed by atoms with Crippen molar-refractivity contribution in [2.75, 3.05) is 59.3 Å². The molecule has 1 atom stereocenters. The molecule has 0 spiro atoms. The van der Waals surface area contributed by atoms with Gasteiger partial charge in [0.05, 0.1) is 18.9 Å². The molecule has 0 rings (SSSR count). The molecule has 0 aliphatic heterocycles. The number of esters is 2. The Morgan fingerprint density at radius 3 is 1.22 bits per heavy atom. The Morgan fingerprint density at radius 2 is 0.783 bits per heavy atom. The Balaban J connectivity index is 4.77. The van der Waals surface area contributed by atoms with Gasteiger partial charge in [0, 0.05) is 32.6 Å². The summed E-state index contributed by atoms with van der Waals surface area (Å²) in [6.45, 7) is 15.0. The lowest BCUT2D eigenvalue weighted by Gasteiger charge is -2.20. The summed E-state index contributed by atoms with van der Waals surface area (Å²) in [6, 6.07) is 0. The maximum atomic E-state index is 13.0. The summed E-state index contributed by atoms with van der Waals surface area (Å²) >= 11 is 0. The van der Waals surface area contributed by atoms with Crippen LogP contribution in [0.1, 0.15) is 234 Å². The molecule has 0 aliphatic carbocycles. The maximum Gasteiger partial charge on any atom is 0.508 e. The monoisotopic (exact) mass is 856 g/mol. The number of nitrogens with zero attached hydrogens (tertiary/aromatic N) is 1. The fourth-order valence-corrected chi connectivity index (χ4v) is 7.21. The molecule has 10 heteroatoms. The van der Waals surface area contributed by atoms with Crippen LogP contribution in [-0.4, -0.2) is 88.6 Å². The number of rotatable bonds is 47. The molecule has 0 saturated carbocycles. The largest absolute Gasteiger partial charge is 0.508 e. The van der Waals surface area contributed by atoms with Crippen LogP contribution >= 0.6 is 0 Å². The molecule has 0 amide bonds. The quantitative estimate of drug-likeness (QED) is 0.0254. The van der Waals surface area contributed by atoms with E-state index in [1.54, 1.807) is 0 Å². The zero-order chi connectivity index (χ0) is 44.0. The Hall–Kier alpha value is -1.91. The van der Waals surface area contributed by atoms with Gasteiger partial charge in [0.2, 0.25) is 0 Å². The standard InChI is InChI=1S/C50H97NO9/c1-6-11-14-17-20-21-22-23-24-25-26-27-28-29-32-36-47(52)58-43-46(45-60-50(54)57-42-35-39-51(9-4)10-5)44-59-48(53)37-38-49(55-40-33-30-18-15-12-7-2)56-41-34-31-19-16-13-8-3/h46,49H,6-45H2,1-5H3. The molecule has 60 heavy (non-hydrogen) atoms. The summed E-state index contributed by atoms with van der Waals surface area (Å²) in [7, 11) is 0. The number of hydrogen-bond acceptors (Lipinski definition) is 10. The van der Waals surface area contributed by atoms with Crippen molar-refractivity contribution in [3.05, 3.63) is 0 Å². The first-order valence-electron chi connectivity index (χ1n) is 25.5. The first-order chi connectivity index (χ1) is 29.4. The van der Waals surface area contributed by atoms with Gasteiger partial charge in [-0.2, -0.15) is 0 Å². The van der Waals surface area contributed by atoms with E-state index in [0.717, 1.165) is 64.6 Å². The molecule has 0 heterocycles. The second-order valence-electron chi connectivity index (χ2n) is 17.0. The number of hydrogen-bond donors (Lipinski definition) is 0. The van der Waals surface area contributed by atoms with E-state index in [4.69, 9.17) is 28.4 Å². The molecule has 0 N–H and O–H groups in total. The van der Waals surface area contributed by atoms with E-state index in [1.165, 1.54) is 128 Å². The number of carbonyl (C=O) groups is 3. The predicted molar refractivity (Wildman–Crippen MR) is 246 cm³/mol. The first-order valence-corrected chi connectivity index (χ1v) is 25.5. The lowest BCUT2D eigenvalue weighted by Crippen LogP contribution is -2.28. The van der Waals surface area contributed by atoms with Crippen LogP contribution in [0.2, 0.25) is 0 Å². The van der Waals surface area contributed by atoms with Gasteiger partial charge in [0.15, 0.2) is 6.29 Å². The van der Waals surface area contributed by atoms with Gasteiger partial charge in [-0.25, -0.2) is 4.79 Å². The molecule has 0 bridgehead atoms. The van der Waals surface area contributed by atoms with Crippen LogP contribution in [0.3, 0.4) is 0 Å².